The number of aliphatic hydroxyl groups excluding tert-OH is 1. The van der Waals surface area contributed by atoms with E-state index in [0.717, 1.165) is 16.2 Å². The Morgan fingerprint density at radius 1 is 1.57 bits per heavy atom. The molecule has 1 atom stereocenters. The van der Waals surface area contributed by atoms with Gasteiger partial charge in [0.05, 0.1) is 0 Å². The average Bonchev–Trinajstić information content (AvgIpc) is 2.50. The molecule has 0 spiro atoms. The highest BCUT2D eigenvalue weighted by Crippen LogP contribution is 2.25. The van der Waals surface area contributed by atoms with Crippen LogP contribution in [0.5, 0.6) is 0 Å². The van der Waals surface area contributed by atoms with Crippen LogP contribution >= 0.6 is 11.3 Å². The van der Waals surface area contributed by atoms with Crippen LogP contribution in [-0.4, -0.2) is 35.5 Å². The van der Waals surface area contributed by atoms with E-state index in [1.807, 2.05) is 19.0 Å². The highest BCUT2D eigenvalue weighted by atomic mass is 32.1. The van der Waals surface area contributed by atoms with Crippen molar-refractivity contribution in [3.63, 3.8) is 0 Å². The molecular weight excluding hydrogens is 210 g/mol. The van der Waals surface area contributed by atoms with Crippen LogP contribution in [0.25, 0.3) is 0 Å². The van der Waals surface area contributed by atoms with Crippen LogP contribution in [0.2, 0.25) is 0 Å². The largest absolute Gasteiger partial charge is 0.380 e. The Balaban J connectivity index is 2.67. The summed E-state index contributed by atoms with van der Waals surface area (Å²) in [6.45, 7) is 0.646. The fraction of sp³-hybridized carbons (Fsp3) is 0.625. The summed E-state index contributed by atoms with van der Waals surface area (Å²) in [6, 6.07) is 0. The van der Waals surface area contributed by atoms with Gasteiger partial charge in [-0.05, 0) is 14.1 Å². The van der Waals surface area contributed by atoms with E-state index in [2.05, 4.69) is 4.98 Å². The second-order valence-corrected chi connectivity index (χ2v) is 4.33. The van der Waals surface area contributed by atoms with Crippen LogP contribution in [0.4, 0.5) is 8.78 Å². The summed E-state index contributed by atoms with van der Waals surface area (Å²) in [4.78, 5) is 6.53. The van der Waals surface area contributed by atoms with Crippen molar-refractivity contribution in [1.29, 1.82) is 0 Å². The van der Waals surface area contributed by atoms with Gasteiger partial charge in [0.2, 0.25) is 0 Å². The third-order valence-corrected chi connectivity index (χ3v) is 2.59. The molecule has 0 aromatic carbocycles. The summed E-state index contributed by atoms with van der Waals surface area (Å²) >= 11 is 1.11. The lowest BCUT2D eigenvalue weighted by molar-refractivity contribution is -0.00588. The van der Waals surface area contributed by atoms with Gasteiger partial charge in [-0.2, -0.15) is 0 Å². The van der Waals surface area contributed by atoms with Gasteiger partial charge in [0.15, 0.2) is 6.10 Å². The zero-order chi connectivity index (χ0) is 10.7. The van der Waals surface area contributed by atoms with E-state index in [0.29, 0.717) is 6.54 Å². The lowest BCUT2D eigenvalue weighted by atomic mass is 10.4. The van der Waals surface area contributed by atoms with Gasteiger partial charge in [-0.25, -0.2) is 13.8 Å². The SMILES string of the molecule is CN(C)Cc1cnc(C(O)C(F)F)s1. The summed E-state index contributed by atoms with van der Waals surface area (Å²) in [5, 5.41) is 9.11. The molecule has 1 rings (SSSR count). The third kappa shape index (κ3) is 2.97. The Bertz CT molecular complexity index is 291. The maximum atomic E-state index is 12.1. The van der Waals surface area contributed by atoms with Crippen LogP contribution in [0.15, 0.2) is 6.20 Å². The van der Waals surface area contributed by atoms with Crippen molar-refractivity contribution in [2.45, 2.75) is 19.1 Å². The van der Waals surface area contributed by atoms with Gasteiger partial charge >= 0.3 is 0 Å². The fourth-order valence-electron chi connectivity index (χ4n) is 0.952. The van der Waals surface area contributed by atoms with E-state index >= 15 is 0 Å². The molecule has 1 heterocycles. The molecule has 0 aliphatic carbocycles. The van der Waals surface area contributed by atoms with Gasteiger partial charge in [0, 0.05) is 17.6 Å². The molecule has 1 aromatic heterocycles. The number of hydrogen-bond donors (Lipinski definition) is 1. The molecule has 0 radical (unpaired) electrons. The Morgan fingerprint density at radius 3 is 2.71 bits per heavy atom. The summed E-state index contributed by atoms with van der Waals surface area (Å²) in [7, 11) is 3.76. The van der Waals surface area contributed by atoms with Crippen molar-refractivity contribution >= 4 is 11.3 Å². The quantitative estimate of drug-likeness (QED) is 0.838. The first-order chi connectivity index (χ1) is 6.50. The topological polar surface area (TPSA) is 36.4 Å². The van der Waals surface area contributed by atoms with Crippen molar-refractivity contribution in [3.05, 3.63) is 16.1 Å². The highest BCUT2D eigenvalue weighted by Gasteiger charge is 2.22. The fourth-order valence-corrected chi connectivity index (χ4v) is 1.98. The number of aromatic nitrogens is 1. The van der Waals surface area contributed by atoms with Crippen molar-refractivity contribution in [2.75, 3.05) is 14.1 Å². The second-order valence-electron chi connectivity index (χ2n) is 3.18. The summed E-state index contributed by atoms with van der Waals surface area (Å²) < 4.78 is 24.2. The monoisotopic (exact) mass is 222 g/mol. The highest BCUT2D eigenvalue weighted by molar-refractivity contribution is 7.11. The zero-order valence-electron chi connectivity index (χ0n) is 7.94. The smallest absolute Gasteiger partial charge is 0.270 e. The average molecular weight is 222 g/mol. The van der Waals surface area contributed by atoms with Crippen LogP contribution < -0.4 is 0 Å². The Hall–Kier alpha value is -0.590. The minimum Gasteiger partial charge on any atom is -0.380 e. The number of halogens is 2. The van der Waals surface area contributed by atoms with Crippen LogP contribution in [-0.2, 0) is 6.54 Å². The van der Waals surface area contributed by atoms with Gasteiger partial charge in [-0.15, -0.1) is 11.3 Å². The van der Waals surface area contributed by atoms with E-state index in [1.54, 1.807) is 0 Å². The molecule has 0 aliphatic heterocycles. The molecule has 6 heteroatoms. The van der Waals surface area contributed by atoms with Crippen LogP contribution in [0.3, 0.4) is 0 Å². The molecule has 1 N–H and O–H groups in total. The van der Waals surface area contributed by atoms with Gasteiger partial charge in [-0.1, -0.05) is 0 Å². The molecule has 14 heavy (non-hydrogen) atoms. The molecule has 0 saturated heterocycles. The zero-order valence-corrected chi connectivity index (χ0v) is 8.76. The van der Waals surface area contributed by atoms with Crippen LogP contribution in [0.1, 0.15) is 16.0 Å². The molecule has 1 aromatic rings. The molecule has 80 valence electrons. The summed E-state index contributed by atoms with van der Waals surface area (Å²) in [6.07, 6.45) is -3.00. The van der Waals surface area contributed by atoms with E-state index < -0.39 is 12.5 Å². The maximum absolute atomic E-state index is 12.1. The van der Waals surface area contributed by atoms with E-state index in [-0.39, 0.29) is 5.01 Å². The van der Waals surface area contributed by atoms with E-state index in [4.69, 9.17) is 5.11 Å². The van der Waals surface area contributed by atoms with Gasteiger partial charge in [-0.3, -0.25) is 0 Å². The normalized spacial score (nSPS) is 13.9. The Labute approximate surface area is 85.0 Å². The molecule has 1 unspecified atom stereocenters. The van der Waals surface area contributed by atoms with Crippen LogP contribution in [0, 0.1) is 0 Å². The molecule has 3 nitrogen and oxygen atoms in total. The van der Waals surface area contributed by atoms with E-state index in [1.165, 1.54) is 6.20 Å². The number of nitrogens with zero attached hydrogens (tertiary/aromatic N) is 2. The predicted molar refractivity (Wildman–Crippen MR) is 50.5 cm³/mol. The Kier molecular flexibility index (Phi) is 3.91. The minimum absolute atomic E-state index is 0.0804. The summed E-state index contributed by atoms with van der Waals surface area (Å²) in [5.41, 5.74) is 0. The summed E-state index contributed by atoms with van der Waals surface area (Å²) in [5.74, 6) is 0. The number of aliphatic hydroxyl groups is 1. The van der Waals surface area contributed by atoms with Gasteiger partial charge in [0.1, 0.15) is 5.01 Å². The van der Waals surface area contributed by atoms with Gasteiger partial charge < -0.3 is 10.0 Å². The number of hydrogen-bond acceptors (Lipinski definition) is 4. The molecule has 0 aliphatic rings. The maximum Gasteiger partial charge on any atom is 0.270 e. The molecule has 0 amide bonds. The first kappa shape index (κ1) is 11.5. The van der Waals surface area contributed by atoms with E-state index in [9.17, 15) is 8.78 Å². The Morgan fingerprint density at radius 2 is 2.21 bits per heavy atom. The lowest BCUT2D eigenvalue weighted by Crippen LogP contribution is -2.09. The van der Waals surface area contributed by atoms with Crippen molar-refractivity contribution < 1.29 is 13.9 Å². The molecule has 0 bridgehead atoms. The first-order valence-electron chi connectivity index (χ1n) is 4.06. The molecule has 0 saturated carbocycles. The number of thiazole rings is 1. The standard InChI is InChI=1S/C8H12F2N2OS/c1-12(2)4-5-3-11-8(14-5)6(13)7(9)10/h3,6-7,13H,4H2,1-2H3. The third-order valence-electron chi connectivity index (χ3n) is 1.54. The second kappa shape index (κ2) is 4.77. The minimum atomic E-state index is -2.77. The number of alkyl halides is 2. The predicted octanol–water partition coefficient (Wildman–Crippen LogP) is 1.50. The lowest BCUT2D eigenvalue weighted by Gasteiger charge is -2.06. The first-order valence-corrected chi connectivity index (χ1v) is 4.88. The molecular formula is C8H12F2N2OS. The van der Waals surface area contributed by atoms with Gasteiger partial charge in [0.25, 0.3) is 6.43 Å². The van der Waals surface area contributed by atoms with Crippen molar-refractivity contribution in [3.8, 4) is 0 Å². The molecule has 0 fully saturated rings. The number of rotatable bonds is 4. The van der Waals surface area contributed by atoms with Crippen molar-refractivity contribution in [1.82, 2.24) is 9.88 Å². The van der Waals surface area contributed by atoms with Crippen molar-refractivity contribution in [2.24, 2.45) is 0 Å².